The summed E-state index contributed by atoms with van der Waals surface area (Å²) in [5.41, 5.74) is 1.03. The number of nitrogens with zero attached hydrogens (tertiary/aromatic N) is 4. The van der Waals surface area contributed by atoms with Crippen LogP contribution in [-0.2, 0) is 0 Å². The Bertz CT molecular complexity index is 503. The highest BCUT2D eigenvalue weighted by Crippen LogP contribution is 2.26. The SMILES string of the molecule is CCCNc1ncc(C)c(Sc2cnccn2)n1. The Morgan fingerprint density at radius 1 is 1.22 bits per heavy atom. The van der Waals surface area contributed by atoms with Crippen LogP contribution in [0.2, 0.25) is 0 Å². The molecule has 0 bridgehead atoms. The summed E-state index contributed by atoms with van der Waals surface area (Å²) in [4.78, 5) is 17.0. The minimum atomic E-state index is 0.661. The van der Waals surface area contributed by atoms with Crippen LogP contribution in [0.15, 0.2) is 34.8 Å². The first-order chi connectivity index (χ1) is 8.79. The minimum absolute atomic E-state index is 0.661. The van der Waals surface area contributed by atoms with Gasteiger partial charge in [-0.1, -0.05) is 6.92 Å². The lowest BCUT2D eigenvalue weighted by Gasteiger charge is -2.07. The van der Waals surface area contributed by atoms with Gasteiger partial charge in [-0.2, -0.15) is 0 Å². The molecule has 18 heavy (non-hydrogen) atoms. The van der Waals surface area contributed by atoms with Crippen molar-refractivity contribution in [3.05, 3.63) is 30.4 Å². The summed E-state index contributed by atoms with van der Waals surface area (Å²) in [5, 5.41) is 4.92. The van der Waals surface area contributed by atoms with Crippen molar-refractivity contribution in [1.82, 2.24) is 19.9 Å². The Balaban J connectivity index is 2.16. The van der Waals surface area contributed by atoms with Crippen LogP contribution in [0.1, 0.15) is 18.9 Å². The molecule has 2 heterocycles. The third-order valence-electron chi connectivity index (χ3n) is 2.20. The smallest absolute Gasteiger partial charge is 0.223 e. The Labute approximate surface area is 110 Å². The highest BCUT2D eigenvalue weighted by Gasteiger charge is 2.06. The van der Waals surface area contributed by atoms with Crippen molar-refractivity contribution in [2.45, 2.75) is 30.3 Å². The molecule has 0 aliphatic heterocycles. The first-order valence-corrected chi connectivity index (χ1v) is 6.62. The van der Waals surface area contributed by atoms with E-state index in [2.05, 4.69) is 32.2 Å². The van der Waals surface area contributed by atoms with Gasteiger partial charge in [0.25, 0.3) is 0 Å². The summed E-state index contributed by atoms with van der Waals surface area (Å²) in [5.74, 6) is 0.661. The monoisotopic (exact) mass is 261 g/mol. The fourth-order valence-electron chi connectivity index (χ4n) is 1.29. The van der Waals surface area contributed by atoms with E-state index < -0.39 is 0 Å². The Morgan fingerprint density at radius 2 is 2.11 bits per heavy atom. The van der Waals surface area contributed by atoms with Crippen molar-refractivity contribution in [3.63, 3.8) is 0 Å². The lowest BCUT2D eigenvalue weighted by Crippen LogP contribution is -2.05. The summed E-state index contributed by atoms with van der Waals surface area (Å²) in [6, 6.07) is 0. The number of rotatable bonds is 5. The van der Waals surface area contributed by atoms with E-state index in [4.69, 9.17) is 0 Å². The van der Waals surface area contributed by atoms with Crippen molar-refractivity contribution in [2.24, 2.45) is 0 Å². The van der Waals surface area contributed by atoms with Gasteiger partial charge in [0.15, 0.2) is 0 Å². The lowest BCUT2D eigenvalue weighted by molar-refractivity contribution is 0.923. The molecule has 0 aliphatic carbocycles. The summed E-state index contributed by atoms with van der Waals surface area (Å²) < 4.78 is 0. The number of hydrogen-bond donors (Lipinski definition) is 1. The maximum atomic E-state index is 4.48. The highest BCUT2D eigenvalue weighted by atomic mass is 32.2. The topological polar surface area (TPSA) is 63.6 Å². The van der Waals surface area contributed by atoms with Gasteiger partial charge in [-0.15, -0.1) is 0 Å². The van der Waals surface area contributed by atoms with Crippen LogP contribution >= 0.6 is 11.8 Å². The van der Waals surface area contributed by atoms with Crippen molar-refractivity contribution in [1.29, 1.82) is 0 Å². The van der Waals surface area contributed by atoms with Crippen molar-refractivity contribution in [3.8, 4) is 0 Å². The van der Waals surface area contributed by atoms with Gasteiger partial charge in [0.2, 0.25) is 5.95 Å². The molecule has 6 heteroatoms. The van der Waals surface area contributed by atoms with Crippen LogP contribution in [0, 0.1) is 6.92 Å². The number of aryl methyl sites for hydroxylation is 1. The molecule has 5 nitrogen and oxygen atoms in total. The van der Waals surface area contributed by atoms with Gasteiger partial charge in [-0.25, -0.2) is 15.0 Å². The van der Waals surface area contributed by atoms with Crippen molar-refractivity contribution < 1.29 is 0 Å². The first kappa shape index (κ1) is 12.8. The van der Waals surface area contributed by atoms with Crippen LogP contribution < -0.4 is 5.32 Å². The average Bonchev–Trinajstić information content (AvgIpc) is 2.41. The molecule has 0 unspecified atom stereocenters. The zero-order valence-corrected chi connectivity index (χ0v) is 11.2. The number of hydrogen-bond acceptors (Lipinski definition) is 6. The molecule has 0 aromatic carbocycles. The molecule has 0 spiro atoms. The number of aromatic nitrogens is 4. The average molecular weight is 261 g/mol. The van der Waals surface area contributed by atoms with Gasteiger partial charge in [-0.05, 0) is 25.1 Å². The first-order valence-electron chi connectivity index (χ1n) is 5.81. The molecule has 0 amide bonds. The van der Waals surface area contributed by atoms with Crippen LogP contribution in [0.3, 0.4) is 0 Å². The zero-order valence-electron chi connectivity index (χ0n) is 10.4. The van der Waals surface area contributed by atoms with Crippen molar-refractivity contribution >= 4 is 17.7 Å². The summed E-state index contributed by atoms with van der Waals surface area (Å²) in [6.07, 6.45) is 7.93. The largest absolute Gasteiger partial charge is 0.354 e. The Morgan fingerprint density at radius 3 is 2.83 bits per heavy atom. The molecule has 2 aromatic heterocycles. The number of anilines is 1. The molecule has 0 atom stereocenters. The normalized spacial score (nSPS) is 10.3. The van der Waals surface area contributed by atoms with E-state index in [1.807, 2.05) is 13.1 Å². The molecule has 94 valence electrons. The van der Waals surface area contributed by atoms with E-state index in [1.165, 1.54) is 11.8 Å². The quantitative estimate of drug-likeness (QED) is 0.834. The van der Waals surface area contributed by atoms with E-state index in [9.17, 15) is 0 Å². The van der Waals surface area contributed by atoms with Gasteiger partial charge in [0.1, 0.15) is 10.1 Å². The second-order valence-electron chi connectivity index (χ2n) is 3.75. The molecule has 0 aliphatic rings. The molecule has 0 saturated heterocycles. The van der Waals surface area contributed by atoms with E-state index in [0.29, 0.717) is 5.95 Å². The maximum Gasteiger partial charge on any atom is 0.223 e. The van der Waals surface area contributed by atoms with E-state index >= 15 is 0 Å². The molecule has 0 fully saturated rings. The van der Waals surface area contributed by atoms with E-state index in [1.54, 1.807) is 18.6 Å². The van der Waals surface area contributed by atoms with Crippen LogP contribution in [0.25, 0.3) is 0 Å². The predicted molar refractivity (Wildman–Crippen MR) is 71.7 cm³/mol. The molecule has 2 aromatic rings. The molecular weight excluding hydrogens is 246 g/mol. The maximum absolute atomic E-state index is 4.48. The fraction of sp³-hybridized carbons (Fsp3) is 0.333. The molecule has 0 saturated carbocycles. The summed E-state index contributed by atoms with van der Waals surface area (Å²) in [6.45, 7) is 4.97. The van der Waals surface area contributed by atoms with Gasteiger partial charge in [0.05, 0.1) is 6.20 Å². The fourth-order valence-corrected chi connectivity index (χ4v) is 2.06. The molecule has 0 radical (unpaired) electrons. The Kier molecular flexibility index (Phi) is 4.46. The molecule has 1 N–H and O–H groups in total. The Hall–Kier alpha value is -1.69. The lowest BCUT2D eigenvalue weighted by atomic mass is 10.4. The zero-order chi connectivity index (χ0) is 12.8. The molecule has 2 rings (SSSR count). The second-order valence-corrected chi connectivity index (χ2v) is 4.76. The van der Waals surface area contributed by atoms with E-state index in [-0.39, 0.29) is 0 Å². The minimum Gasteiger partial charge on any atom is -0.354 e. The second kappa shape index (κ2) is 6.30. The van der Waals surface area contributed by atoms with Gasteiger partial charge >= 0.3 is 0 Å². The van der Waals surface area contributed by atoms with Crippen LogP contribution in [-0.4, -0.2) is 26.5 Å². The van der Waals surface area contributed by atoms with Gasteiger partial charge in [-0.3, -0.25) is 4.98 Å². The number of nitrogens with one attached hydrogen (secondary N) is 1. The standard InChI is InChI=1S/C12H15N5S/c1-3-4-15-12-16-7-9(2)11(17-12)18-10-8-13-5-6-14-10/h5-8H,3-4H2,1-2H3,(H,15,16,17). The summed E-state index contributed by atoms with van der Waals surface area (Å²) >= 11 is 1.50. The summed E-state index contributed by atoms with van der Waals surface area (Å²) in [7, 11) is 0. The van der Waals surface area contributed by atoms with Crippen LogP contribution in [0.4, 0.5) is 5.95 Å². The molecular formula is C12H15N5S. The van der Waals surface area contributed by atoms with Crippen molar-refractivity contribution in [2.75, 3.05) is 11.9 Å². The van der Waals surface area contributed by atoms with Gasteiger partial charge in [0, 0.05) is 30.7 Å². The third kappa shape index (κ3) is 3.40. The van der Waals surface area contributed by atoms with Crippen LogP contribution in [0.5, 0.6) is 0 Å². The van der Waals surface area contributed by atoms with Gasteiger partial charge < -0.3 is 5.32 Å². The predicted octanol–water partition coefficient (Wildman–Crippen LogP) is 2.55. The van der Waals surface area contributed by atoms with E-state index in [0.717, 1.165) is 28.6 Å². The highest BCUT2D eigenvalue weighted by molar-refractivity contribution is 7.99. The third-order valence-corrected chi connectivity index (χ3v) is 3.23.